The highest BCUT2D eigenvalue weighted by Crippen LogP contribution is 2.29. The predicted octanol–water partition coefficient (Wildman–Crippen LogP) is 3.65. The van der Waals surface area contributed by atoms with Crippen molar-refractivity contribution in [3.63, 3.8) is 0 Å². The normalized spacial score (nSPS) is 10.5. The van der Waals surface area contributed by atoms with Gasteiger partial charge in [0.1, 0.15) is 0 Å². The van der Waals surface area contributed by atoms with Crippen molar-refractivity contribution in [1.29, 1.82) is 0 Å². The lowest BCUT2D eigenvalue weighted by molar-refractivity contribution is 0.942. The zero-order valence-electron chi connectivity index (χ0n) is 11.8. The van der Waals surface area contributed by atoms with Crippen LogP contribution in [0, 0.1) is 6.92 Å². The molecular weight excluding hydrogens is 232 g/mol. The van der Waals surface area contributed by atoms with E-state index in [-0.39, 0.29) is 0 Å². The zero-order chi connectivity index (χ0) is 13.7. The monoisotopic (exact) mass is 254 g/mol. The number of rotatable bonds is 5. The average molecular weight is 254 g/mol. The second-order valence-corrected chi connectivity index (χ2v) is 4.75. The molecule has 0 amide bonds. The van der Waals surface area contributed by atoms with Crippen LogP contribution in [0.15, 0.2) is 48.5 Å². The molecule has 19 heavy (non-hydrogen) atoms. The number of anilines is 2. The summed E-state index contributed by atoms with van der Waals surface area (Å²) in [7, 11) is 0. The van der Waals surface area contributed by atoms with Gasteiger partial charge in [0.25, 0.3) is 0 Å². The zero-order valence-corrected chi connectivity index (χ0v) is 11.8. The fourth-order valence-corrected chi connectivity index (χ4v) is 2.43. The Bertz CT molecular complexity index is 534. The molecule has 0 aliphatic heterocycles. The van der Waals surface area contributed by atoms with Crippen molar-refractivity contribution in [3.8, 4) is 0 Å². The molecule has 0 fully saturated rings. The molecule has 2 rings (SSSR count). The summed E-state index contributed by atoms with van der Waals surface area (Å²) in [5.74, 6) is 0. The van der Waals surface area contributed by atoms with E-state index in [4.69, 9.17) is 5.73 Å². The van der Waals surface area contributed by atoms with Crippen LogP contribution in [0.4, 0.5) is 11.4 Å². The van der Waals surface area contributed by atoms with Gasteiger partial charge in [0.05, 0.1) is 0 Å². The first-order valence-electron chi connectivity index (χ1n) is 6.88. The summed E-state index contributed by atoms with van der Waals surface area (Å²) in [6.07, 6.45) is 0.915. The van der Waals surface area contributed by atoms with Crippen LogP contribution in [0.2, 0.25) is 0 Å². The lowest BCUT2D eigenvalue weighted by atomic mass is 10.1. The van der Waals surface area contributed by atoms with Crippen LogP contribution in [0.3, 0.4) is 0 Å². The van der Waals surface area contributed by atoms with Gasteiger partial charge in [-0.15, -0.1) is 0 Å². The molecule has 0 spiro atoms. The maximum Gasteiger partial charge on any atom is 0.0443 e. The summed E-state index contributed by atoms with van der Waals surface area (Å²) in [6.45, 7) is 5.94. The summed E-state index contributed by atoms with van der Waals surface area (Å²) in [5, 5.41) is 0. The highest BCUT2D eigenvalue weighted by Gasteiger charge is 2.10. The molecule has 0 saturated heterocycles. The SMILES string of the molecule is CCN(c1cccc(C)c1)c1ccccc1CCN. The van der Waals surface area contributed by atoms with Gasteiger partial charge < -0.3 is 10.6 Å². The number of benzene rings is 2. The quantitative estimate of drug-likeness (QED) is 0.882. The van der Waals surface area contributed by atoms with E-state index < -0.39 is 0 Å². The molecule has 2 aromatic rings. The average Bonchev–Trinajstić information content (AvgIpc) is 2.42. The largest absolute Gasteiger partial charge is 0.342 e. The standard InChI is InChI=1S/C17H22N2/c1-3-19(16-9-6-7-14(2)13-16)17-10-5-4-8-15(17)11-12-18/h4-10,13H,3,11-12,18H2,1-2H3. The summed E-state index contributed by atoms with van der Waals surface area (Å²) in [5.41, 5.74) is 10.8. The van der Waals surface area contributed by atoms with Crippen LogP contribution >= 0.6 is 0 Å². The van der Waals surface area contributed by atoms with E-state index in [1.807, 2.05) is 0 Å². The first-order chi connectivity index (χ1) is 9.26. The Balaban J connectivity index is 2.42. The molecule has 2 N–H and O–H groups in total. The third kappa shape index (κ3) is 3.15. The molecule has 2 nitrogen and oxygen atoms in total. The van der Waals surface area contributed by atoms with E-state index in [9.17, 15) is 0 Å². The highest BCUT2D eigenvalue weighted by molar-refractivity contribution is 5.67. The first-order valence-corrected chi connectivity index (χ1v) is 6.88. The Morgan fingerprint density at radius 3 is 2.53 bits per heavy atom. The van der Waals surface area contributed by atoms with Crippen molar-refractivity contribution >= 4 is 11.4 Å². The lowest BCUT2D eigenvalue weighted by Crippen LogP contribution is -2.18. The molecule has 2 aromatic carbocycles. The van der Waals surface area contributed by atoms with E-state index in [0.717, 1.165) is 13.0 Å². The van der Waals surface area contributed by atoms with Gasteiger partial charge in [0.15, 0.2) is 0 Å². The van der Waals surface area contributed by atoms with Crippen LogP contribution in [-0.4, -0.2) is 13.1 Å². The minimum absolute atomic E-state index is 0.683. The van der Waals surface area contributed by atoms with Crippen LogP contribution in [0.1, 0.15) is 18.1 Å². The smallest absolute Gasteiger partial charge is 0.0443 e. The predicted molar refractivity (Wildman–Crippen MR) is 83.1 cm³/mol. The Labute approximate surface area is 115 Å². The van der Waals surface area contributed by atoms with E-state index in [0.29, 0.717) is 6.54 Å². The molecule has 0 bridgehead atoms. The molecule has 0 saturated carbocycles. The number of nitrogens with zero attached hydrogens (tertiary/aromatic N) is 1. The summed E-state index contributed by atoms with van der Waals surface area (Å²) >= 11 is 0. The molecule has 0 radical (unpaired) electrons. The number of hydrogen-bond acceptors (Lipinski definition) is 2. The van der Waals surface area contributed by atoms with Gasteiger partial charge in [-0.1, -0.05) is 30.3 Å². The fourth-order valence-electron chi connectivity index (χ4n) is 2.43. The summed E-state index contributed by atoms with van der Waals surface area (Å²) < 4.78 is 0. The number of para-hydroxylation sites is 1. The Hall–Kier alpha value is -1.80. The Morgan fingerprint density at radius 2 is 1.84 bits per heavy atom. The summed E-state index contributed by atoms with van der Waals surface area (Å²) in [4.78, 5) is 2.35. The maximum atomic E-state index is 5.72. The van der Waals surface area contributed by atoms with Crippen LogP contribution < -0.4 is 10.6 Å². The Morgan fingerprint density at radius 1 is 1.05 bits per heavy atom. The van der Waals surface area contributed by atoms with Crippen molar-refractivity contribution in [3.05, 3.63) is 59.7 Å². The van der Waals surface area contributed by atoms with Gasteiger partial charge in [-0.25, -0.2) is 0 Å². The number of nitrogens with two attached hydrogens (primary N) is 1. The maximum absolute atomic E-state index is 5.72. The lowest BCUT2D eigenvalue weighted by Gasteiger charge is -2.26. The molecule has 0 unspecified atom stereocenters. The molecule has 0 atom stereocenters. The molecule has 2 heteroatoms. The van der Waals surface area contributed by atoms with Gasteiger partial charge in [-0.05, 0) is 56.1 Å². The number of hydrogen-bond donors (Lipinski definition) is 1. The minimum Gasteiger partial charge on any atom is -0.342 e. The second-order valence-electron chi connectivity index (χ2n) is 4.75. The van der Waals surface area contributed by atoms with Crippen LogP contribution in [0.5, 0.6) is 0 Å². The molecule has 0 aromatic heterocycles. The van der Waals surface area contributed by atoms with Gasteiger partial charge in [0, 0.05) is 17.9 Å². The molecule has 100 valence electrons. The Kier molecular flexibility index (Phi) is 4.58. The van der Waals surface area contributed by atoms with Crippen LogP contribution in [-0.2, 0) is 6.42 Å². The van der Waals surface area contributed by atoms with Crippen molar-refractivity contribution in [1.82, 2.24) is 0 Å². The van der Waals surface area contributed by atoms with E-state index in [2.05, 4.69) is 67.3 Å². The number of aryl methyl sites for hydroxylation is 1. The van der Waals surface area contributed by atoms with Gasteiger partial charge in [-0.2, -0.15) is 0 Å². The molecule has 0 heterocycles. The fraction of sp³-hybridized carbons (Fsp3) is 0.294. The van der Waals surface area contributed by atoms with Gasteiger partial charge in [-0.3, -0.25) is 0 Å². The first kappa shape index (κ1) is 13.6. The third-order valence-corrected chi connectivity index (χ3v) is 3.33. The molecule has 0 aliphatic rings. The van der Waals surface area contributed by atoms with Gasteiger partial charge >= 0.3 is 0 Å². The van der Waals surface area contributed by atoms with Crippen molar-refractivity contribution in [2.45, 2.75) is 20.3 Å². The minimum atomic E-state index is 0.683. The van der Waals surface area contributed by atoms with Crippen molar-refractivity contribution < 1.29 is 0 Å². The second kappa shape index (κ2) is 6.39. The van der Waals surface area contributed by atoms with E-state index in [1.54, 1.807) is 0 Å². The van der Waals surface area contributed by atoms with Gasteiger partial charge in [0.2, 0.25) is 0 Å². The molecular formula is C17H22N2. The highest BCUT2D eigenvalue weighted by atomic mass is 15.1. The van der Waals surface area contributed by atoms with E-state index >= 15 is 0 Å². The topological polar surface area (TPSA) is 29.3 Å². The van der Waals surface area contributed by atoms with E-state index in [1.165, 1.54) is 22.5 Å². The molecule has 0 aliphatic carbocycles. The summed E-state index contributed by atoms with van der Waals surface area (Å²) in [6, 6.07) is 17.1. The van der Waals surface area contributed by atoms with Crippen LogP contribution in [0.25, 0.3) is 0 Å². The van der Waals surface area contributed by atoms with Crippen molar-refractivity contribution in [2.75, 3.05) is 18.0 Å². The third-order valence-electron chi connectivity index (χ3n) is 3.33. The van der Waals surface area contributed by atoms with Crippen molar-refractivity contribution in [2.24, 2.45) is 5.73 Å².